The van der Waals surface area contributed by atoms with E-state index in [4.69, 9.17) is 0 Å². The van der Waals surface area contributed by atoms with Gasteiger partial charge in [-0.3, -0.25) is 0 Å². The summed E-state index contributed by atoms with van der Waals surface area (Å²) in [5.41, 5.74) is 0. The number of hydrogen-bond acceptors (Lipinski definition) is 0. The second-order valence-electron chi connectivity index (χ2n) is 4.93. The normalized spacial score (nSPS) is 9.30. The largest absolute Gasteiger partial charge is 4.00 e. The van der Waals surface area contributed by atoms with Gasteiger partial charge in [0.25, 0.3) is 0 Å². The topological polar surface area (TPSA) is 0 Å². The Kier molecular flexibility index (Phi) is 13.4. The van der Waals surface area contributed by atoms with Crippen molar-refractivity contribution in [1.82, 2.24) is 0 Å². The molecule has 0 atom stereocenters. The smallest absolute Gasteiger partial charge is 1.00 e. The van der Waals surface area contributed by atoms with E-state index in [2.05, 4.69) is 73.7 Å². The van der Waals surface area contributed by atoms with Crippen LogP contribution in [-0.2, 0) is 21.7 Å². The molecule has 3 rings (SSSR count). The van der Waals surface area contributed by atoms with Crippen LogP contribution in [0.25, 0.3) is 10.8 Å². The van der Waals surface area contributed by atoms with Gasteiger partial charge < -0.3 is 37.2 Å². The first-order valence-corrected chi connectivity index (χ1v) is 8.67. The molecule has 0 aliphatic heterocycles. The van der Waals surface area contributed by atoms with Crippen molar-refractivity contribution in [1.29, 1.82) is 0 Å². The maximum Gasteiger partial charge on any atom is 4.00 e. The Bertz CT molecular complexity index is 670. The van der Waals surface area contributed by atoms with Crippen LogP contribution in [0.1, 0.15) is 13.3 Å². The molecule has 5 heteroatoms. The fraction of sp³-hybridized carbons (Fsp3) is 0.167. The van der Waals surface area contributed by atoms with Crippen LogP contribution in [0.2, 0.25) is 6.04 Å². The number of rotatable bonds is 4. The molecule has 3 aromatic rings. The van der Waals surface area contributed by atoms with E-state index in [1.54, 1.807) is 5.19 Å². The molecule has 3 aromatic carbocycles. The molecule has 0 aliphatic rings. The van der Waals surface area contributed by atoms with E-state index in [1.165, 1.54) is 28.4 Å². The molecule has 0 saturated carbocycles. The molecule has 0 nitrogen and oxygen atoms in total. The zero-order valence-electron chi connectivity index (χ0n) is 12.9. The van der Waals surface area contributed by atoms with E-state index in [9.17, 15) is 0 Å². The minimum Gasteiger partial charge on any atom is -1.00 e. The first-order valence-electron chi connectivity index (χ1n) is 6.96. The van der Waals surface area contributed by atoms with Gasteiger partial charge >= 0.3 is 21.7 Å². The summed E-state index contributed by atoms with van der Waals surface area (Å²) in [5, 5.41) is 5.94. The zero-order valence-corrected chi connectivity index (χ0v) is 17.7. The van der Waals surface area contributed by atoms with Gasteiger partial charge in [-0.2, -0.15) is 12.1 Å². The van der Waals surface area contributed by atoms with E-state index in [0.717, 1.165) is 0 Å². The molecule has 0 N–H and O–H groups in total. The van der Waals surface area contributed by atoms with E-state index < -0.39 is 8.80 Å². The minimum atomic E-state index is -0.633. The molecule has 23 heavy (non-hydrogen) atoms. The Morgan fingerprint density at radius 2 is 1.43 bits per heavy atom. The van der Waals surface area contributed by atoms with Crippen LogP contribution < -0.4 is 47.6 Å². The summed E-state index contributed by atoms with van der Waals surface area (Å²) in [6, 6.07) is 25.7. The van der Waals surface area contributed by atoms with Crippen molar-refractivity contribution in [2.45, 2.75) is 19.4 Å². The molecule has 0 bridgehead atoms. The molecule has 0 saturated heterocycles. The Morgan fingerprint density at radius 1 is 0.826 bits per heavy atom. The Hall–Kier alpha value is -0.149. The second kappa shape index (κ2) is 12.2. The molecule has 0 fully saturated rings. The molecule has 0 unspecified atom stereocenters. The van der Waals surface area contributed by atoms with Gasteiger partial charge in [-0.25, -0.2) is 0 Å². The predicted octanol–water partition coefficient (Wildman–Crippen LogP) is -5.41. The zero-order chi connectivity index (χ0) is 13.1. The first kappa shape index (κ1) is 25.1. The standard InChI is InChI=1S/C18H18Si.3ClH.Ti/c1-2-14-19(16-9-4-3-5-10-16)18-13-12-15-8-6-7-11-17(15)18;;;;/h3-13H,2,14H2,1H3;3*1H;/q-1;;;;+4/p-3. The molecule has 0 heterocycles. The average Bonchev–Trinajstić information content (AvgIpc) is 2.89. The Labute approximate surface area is 174 Å². The maximum absolute atomic E-state index is 2.35. The third-order valence-electron chi connectivity index (χ3n) is 3.63. The van der Waals surface area contributed by atoms with Gasteiger partial charge in [0.1, 0.15) is 0 Å². The van der Waals surface area contributed by atoms with Gasteiger partial charge in [-0.1, -0.05) is 61.0 Å². The molecule has 1 radical (unpaired) electrons. The van der Waals surface area contributed by atoms with Crippen molar-refractivity contribution in [3.05, 3.63) is 66.7 Å². The number of benzene rings is 2. The van der Waals surface area contributed by atoms with Gasteiger partial charge in [0.15, 0.2) is 0 Å². The van der Waals surface area contributed by atoms with Crippen LogP contribution in [0.4, 0.5) is 0 Å². The maximum atomic E-state index is 2.35. The minimum absolute atomic E-state index is 0. The summed E-state index contributed by atoms with van der Waals surface area (Å²) in [4.78, 5) is 0. The van der Waals surface area contributed by atoms with Crippen LogP contribution in [0.5, 0.6) is 0 Å². The second-order valence-corrected chi connectivity index (χ2v) is 7.50. The van der Waals surface area contributed by atoms with E-state index >= 15 is 0 Å². The van der Waals surface area contributed by atoms with E-state index in [0.29, 0.717) is 0 Å². The first-order chi connectivity index (χ1) is 9.40. The fourth-order valence-corrected chi connectivity index (χ4v) is 5.54. The summed E-state index contributed by atoms with van der Waals surface area (Å²) in [6.45, 7) is 2.29. The average molecular weight is 417 g/mol. The summed E-state index contributed by atoms with van der Waals surface area (Å²) < 4.78 is 0. The van der Waals surface area contributed by atoms with Crippen molar-refractivity contribution in [2.75, 3.05) is 0 Å². The molecule has 0 aliphatic carbocycles. The summed E-state index contributed by atoms with van der Waals surface area (Å²) >= 11 is 0. The van der Waals surface area contributed by atoms with Crippen molar-refractivity contribution in [3.8, 4) is 0 Å². The van der Waals surface area contributed by atoms with Crippen LogP contribution >= 0.6 is 0 Å². The van der Waals surface area contributed by atoms with Crippen LogP contribution in [0.15, 0.2) is 66.7 Å². The molecule has 0 amide bonds. The summed E-state index contributed by atoms with van der Waals surface area (Å²) in [5.74, 6) is 0. The van der Waals surface area contributed by atoms with Crippen molar-refractivity contribution >= 4 is 29.9 Å². The predicted molar refractivity (Wildman–Crippen MR) is 86.1 cm³/mol. The molecular formula is C18H18Cl3SiTi. The molecule has 119 valence electrons. The molecule has 0 aromatic heterocycles. The third-order valence-corrected chi connectivity index (χ3v) is 6.74. The van der Waals surface area contributed by atoms with Crippen LogP contribution in [0.3, 0.4) is 0 Å². The number of halogens is 3. The van der Waals surface area contributed by atoms with Crippen molar-refractivity contribution in [2.24, 2.45) is 0 Å². The van der Waals surface area contributed by atoms with Crippen molar-refractivity contribution < 1.29 is 58.9 Å². The SMILES string of the molecule is CCC[Si](c1ccccc1)[c-]1ccc2ccccc21.[Cl-].[Cl-].[Cl-].[Ti+4]. The van der Waals surface area contributed by atoms with E-state index in [1.807, 2.05) is 0 Å². The quantitative estimate of drug-likeness (QED) is 0.294. The molecular weight excluding hydrogens is 399 g/mol. The van der Waals surface area contributed by atoms with Gasteiger partial charge in [0, 0.05) is 0 Å². The van der Waals surface area contributed by atoms with E-state index in [-0.39, 0.29) is 58.9 Å². The Morgan fingerprint density at radius 3 is 2.09 bits per heavy atom. The Balaban J connectivity index is 0. The van der Waals surface area contributed by atoms with Gasteiger partial charge in [-0.15, -0.1) is 34.2 Å². The third kappa shape index (κ3) is 5.70. The van der Waals surface area contributed by atoms with Gasteiger partial charge in [0.05, 0.1) is 8.80 Å². The fourth-order valence-electron chi connectivity index (χ4n) is 2.74. The molecule has 0 spiro atoms. The van der Waals surface area contributed by atoms with Crippen LogP contribution in [-0.4, -0.2) is 8.80 Å². The van der Waals surface area contributed by atoms with Crippen LogP contribution in [0, 0.1) is 0 Å². The van der Waals surface area contributed by atoms with Crippen molar-refractivity contribution in [3.63, 3.8) is 0 Å². The summed E-state index contributed by atoms with van der Waals surface area (Å²) in [6.07, 6.45) is 1.25. The monoisotopic (exact) mass is 415 g/mol. The van der Waals surface area contributed by atoms with Gasteiger partial charge in [-0.05, 0) is 0 Å². The van der Waals surface area contributed by atoms with Gasteiger partial charge in [0.2, 0.25) is 0 Å². The number of fused-ring (bicyclic) bond motifs is 1. The summed E-state index contributed by atoms with van der Waals surface area (Å²) in [7, 11) is -0.633. The number of hydrogen-bond donors (Lipinski definition) is 0.